The van der Waals surface area contributed by atoms with Crippen molar-refractivity contribution in [2.45, 2.75) is 71.5 Å². The Kier molecular flexibility index (Phi) is 10.2. The van der Waals surface area contributed by atoms with Crippen molar-refractivity contribution < 1.29 is 0 Å². The molecule has 0 radical (unpaired) electrons. The summed E-state index contributed by atoms with van der Waals surface area (Å²) in [6.45, 7) is 14.7. The fourth-order valence-electron chi connectivity index (χ4n) is 3.76. The summed E-state index contributed by atoms with van der Waals surface area (Å²) < 4.78 is 0. The molecule has 0 aliphatic carbocycles. The molecule has 0 amide bonds. The highest BCUT2D eigenvalue weighted by atomic mass is 127. The van der Waals surface area contributed by atoms with Gasteiger partial charge in [0, 0.05) is 42.5 Å². The van der Waals surface area contributed by atoms with Crippen LogP contribution in [0.4, 0.5) is 0 Å². The number of aromatic nitrogens is 1. The fourth-order valence-corrected chi connectivity index (χ4v) is 4.71. The van der Waals surface area contributed by atoms with Gasteiger partial charge in [-0.25, -0.2) is 9.98 Å². The van der Waals surface area contributed by atoms with Crippen LogP contribution in [-0.4, -0.2) is 41.5 Å². The molecule has 1 aliphatic heterocycles. The highest BCUT2D eigenvalue weighted by Gasteiger charge is 2.24. The Labute approximate surface area is 209 Å². The van der Waals surface area contributed by atoms with Crippen LogP contribution in [0, 0.1) is 0 Å². The normalized spacial score (nSPS) is 17.1. The zero-order valence-corrected chi connectivity index (χ0v) is 22.7. The van der Waals surface area contributed by atoms with Crippen molar-refractivity contribution in [3.05, 3.63) is 52.0 Å². The van der Waals surface area contributed by atoms with Crippen LogP contribution in [0.3, 0.4) is 0 Å². The van der Waals surface area contributed by atoms with E-state index < -0.39 is 0 Å². The van der Waals surface area contributed by atoms with Crippen molar-refractivity contribution in [2.24, 2.45) is 4.99 Å². The van der Waals surface area contributed by atoms with Gasteiger partial charge in [0.05, 0.1) is 12.2 Å². The van der Waals surface area contributed by atoms with Crippen molar-refractivity contribution in [3.63, 3.8) is 0 Å². The van der Waals surface area contributed by atoms with Crippen LogP contribution in [0.25, 0.3) is 0 Å². The maximum absolute atomic E-state index is 4.80. The molecule has 0 spiro atoms. The first-order valence-corrected chi connectivity index (χ1v) is 12.0. The average molecular weight is 556 g/mol. The lowest BCUT2D eigenvalue weighted by Gasteiger charge is -2.37. The predicted molar refractivity (Wildman–Crippen MR) is 144 cm³/mol. The van der Waals surface area contributed by atoms with Crippen molar-refractivity contribution in [1.29, 1.82) is 0 Å². The van der Waals surface area contributed by atoms with Gasteiger partial charge < -0.3 is 10.6 Å². The number of aliphatic imine (C=N–C) groups is 1. The zero-order chi connectivity index (χ0) is 21.6. The molecule has 1 atom stereocenters. The maximum Gasteiger partial charge on any atom is 0.191 e. The first-order chi connectivity index (χ1) is 14.4. The van der Waals surface area contributed by atoms with Gasteiger partial charge in [0.15, 0.2) is 5.96 Å². The first kappa shape index (κ1) is 26.1. The monoisotopic (exact) mass is 555 g/mol. The van der Waals surface area contributed by atoms with Crippen LogP contribution in [0.2, 0.25) is 0 Å². The third-order valence-electron chi connectivity index (χ3n) is 5.74. The number of benzene rings is 1. The summed E-state index contributed by atoms with van der Waals surface area (Å²) in [5.74, 6) is 0.902. The van der Waals surface area contributed by atoms with Gasteiger partial charge in [0.1, 0.15) is 5.01 Å². The molecule has 2 aromatic rings. The summed E-state index contributed by atoms with van der Waals surface area (Å²) in [5.41, 5.74) is 2.64. The highest BCUT2D eigenvalue weighted by Crippen LogP contribution is 2.25. The second-order valence-corrected chi connectivity index (χ2v) is 10.1. The van der Waals surface area contributed by atoms with E-state index >= 15 is 0 Å². The third kappa shape index (κ3) is 7.71. The number of rotatable bonds is 6. The minimum absolute atomic E-state index is 0. The molecule has 0 bridgehead atoms. The standard InChI is InChI=1S/C24H37N5S.HI/c1-6-25-23(26-16-22-28-21(17-30-22)24(3,4)5)27-20-12-14-29(15-13-20)18(2)19-10-8-7-9-11-19;/h7-11,17-18,20H,6,12-16H2,1-5H3,(H2,25,26,27);1H. The Balaban J connectivity index is 0.00000341. The van der Waals surface area contributed by atoms with Crippen molar-refractivity contribution in [2.75, 3.05) is 19.6 Å². The number of guanidine groups is 1. The first-order valence-electron chi connectivity index (χ1n) is 11.2. The molecule has 172 valence electrons. The van der Waals surface area contributed by atoms with Crippen LogP contribution in [0.15, 0.2) is 40.7 Å². The van der Waals surface area contributed by atoms with Gasteiger partial charge in [-0.1, -0.05) is 51.1 Å². The van der Waals surface area contributed by atoms with Crippen molar-refractivity contribution in [1.82, 2.24) is 20.5 Å². The van der Waals surface area contributed by atoms with E-state index in [1.807, 2.05) is 0 Å². The Hall–Kier alpha value is -1.19. The van der Waals surface area contributed by atoms with E-state index in [0.717, 1.165) is 49.1 Å². The fraction of sp³-hybridized carbons (Fsp3) is 0.583. The number of nitrogens with one attached hydrogen (secondary N) is 2. The molecular weight excluding hydrogens is 517 g/mol. The molecule has 31 heavy (non-hydrogen) atoms. The lowest BCUT2D eigenvalue weighted by Crippen LogP contribution is -2.49. The number of nitrogens with zero attached hydrogens (tertiary/aromatic N) is 3. The second kappa shape index (κ2) is 12.2. The number of hydrogen-bond acceptors (Lipinski definition) is 4. The van der Waals surface area contributed by atoms with Gasteiger partial charge in [0.2, 0.25) is 0 Å². The second-order valence-electron chi connectivity index (χ2n) is 9.11. The molecule has 2 N–H and O–H groups in total. The van der Waals surface area contributed by atoms with E-state index in [1.54, 1.807) is 11.3 Å². The highest BCUT2D eigenvalue weighted by molar-refractivity contribution is 14.0. The quantitative estimate of drug-likeness (QED) is 0.287. The Morgan fingerprint density at radius 2 is 1.90 bits per heavy atom. The largest absolute Gasteiger partial charge is 0.357 e. The molecule has 3 rings (SSSR count). The van der Waals surface area contributed by atoms with Gasteiger partial charge in [0.25, 0.3) is 0 Å². The van der Waals surface area contributed by atoms with Gasteiger partial charge in [-0.15, -0.1) is 35.3 Å². The number of hydrogen-bond donors (Lipinski definition) is 2. The van der Waals surface area contributed by atoms with Crippen LogP contribution < -0.4 is 10.6 Å². The molecule has 1 fully saturated rings. The minimum atomic E-state index is 0. The molecule has 0 saturated carbocycles. The number of thiazole rings is 1. The van der Waals surface area contributed by atoms with E-state index in [9.17, 15) is 0 Å². The average Bonchev–Trinajstić information content (AvgIpc) is 3.23. The van der Waals surface area contributed by atoms with E-state index in [1.165, 1.54) is 5.56 Å². The molecule has 2 heterocycles. The molecule has 1 saturated heterocycles. The molecule has 5 nitrogen and oxygen atoms in total. The Morgan fingerprint density at radius 3 is 2.48 bits per heavy atom. The van der Waals surface area contributed by atoms with Crippen LogP contribution in [0.5, 0.6) is 0 Å². The summed E-state index contributed by atoms with van der Waals surface area (Å²) in [7, 11) is 0. The van der Waals surface area contributed by atoms with Crippen molar-refractivity contribution in [3.8, 4) is 0 Å². The van der Waals surface area contributed by atoms with E-state index in [-0.39, 0.29) is 29.4 Å². The molecule has 7 heteroatoms. The third-order valence-corrected chi connectivity index (χ3v) is 6.57. The van der Waals surface area contributed by atoms with Crippen molar-refractivity contribution >= 4 is 41.3 Å². The van der Waals surface area contributed by atoms with Gasteiger partial charge in [-0.2, -0.15) is 0 Å². The Morgan fingerprint density at radius 1 is 1.23 bits per heavy atom. The number of likely N-dealkylation sites (tertiary alicyclic amines) is 1. The lowest BCUT2D eigenvalue weighted by atomic mass is 9.93. The molecule has 1 aromatic carbocycles. The van der Waals surface area contributed by atoms with Crippen LogP contribution >= 0.6 is 35.3 Å². The summed E-state index contributed by atoms with van der Waals surface area (Å²) in [6, 6.07) is 11.7. The topological polar surface area (TPSA) is 52.6 Å². The van der Waals surface area contributed by atoms with Crippen LogP contribution in [0.1, 0.15) is 69.8 Å². The predicted octanol–water partition coefficient (Wildman–Crippen LogP) is 5.34. The molecule has 1 unspecified atom stereocenters. The number of piperidine rings is 1. The van der Waals surface area contributed by atoms with Gasteiger partial charge in [-0.05, 0) is 32.3 Å². The van der Waals surface area contributed by atoms with E-state index in [2.05, 4.69) is 85.9 Å². The van der Waals surface area contributed by atoms with Crippen LogP contribution in [-0.2, 0) is 12.0 Å². The smallest absolute Gasteiger partial charge is 0.191 e. The molecule has 1 aliphatic rings. The van der Waals surface area contributed by atoms with Gasteiger partial charge >= 0.3 is 0 Å². The number of halogens is 1. The Bertz CT molecular complexity index is 807. The lowest BCUT2D eigenvalue weighted by molar-refractivity contribution is 0.158. The molecule has 1 aromatic heterocycles. The SMILES string of the molecule is CCNC(=NCc1nc(C(C)(C)C)cs1)NC1CCN(C(C)c2ccccc2)CC1.I. The van der Waals surface area contributed by atoms with E-state index in [4.69, 9.17) is 9.98 Å². The maximum atomic E-state index is 4.80. The van der Waals surface area contributed by atoms with Gasteiger partial charge in [-0.3, -0.25) is 4.90 Å². The summed E-state index contributed by atoms with van der Waals surface area (Å²) in [4.78, 5) is 12.2. The minimum Gasteiger partial charge on any atom is -0.357 e. The molecular formula is C24H38IN5S. The summed E-state index contributed by atoms with van der Waals surface area (Å²) in [6.07, 6.45) is 2.26. The summed E-state index contributed by atoms with van der Waals surface area (Å²) in [5, 5.41) is 10.3. The zero-order valence-electron chi connectivity index (χ0n) is 19.5. The summed E-state index contributed by atoms with van der Waals surface area (Å²) >= 11 is 1.70. The van der Waals surface area contributed by atoms with E-state index in [0.29, 0.717) is 18.6 Å².